The molecule has 8 heteroatoms. The third-order valence-electron chi connectivity index (χ3n) is 2.80. The van der Waals surface area contributed by atoms with Crippen molar-refractivity contribution < 1.29 is 17.9 Å². The normalized spacial score (nSPS) is 11.9. The predicted molar refractivity (Wildman–Crippen MR) is 86.2 cm³/mol. The molecular formula is C14H23N3O4S. The van der Waals surface area contributed by atoms with Crippen molar-refractivity contribution in [2.24, 2.45) is 0 Å². The number of sulfone groups is 1. The van der Waals surface area contributed by atoms with Crippen molar-refractivity contribution in [3.63, 3.8) is 0 Å². The molecule has 0 atom stereocenters. The van der Waals surface area contributed by atoms with E-state index >= 15 is 0 Å². The molecule has 0 aliphatic rings. The summed E-state index contributed by atoms with van der Waals surface area (Å²) >= 11 is 0. The van der Waals surface area contributed by atoms with Gasteiger partial charge in [-0.05, 0) is 26.8 Å². The Labute approximate surface area is 131 Å². The summed E-state index contributed by atoms with van der Waals surface area (Å²) in [6, 6.07) is 1.40. The highest BCUT2D eigenvalue weighted by molar-refractivity contribution is 7.91. The number of carbonyl (C=O) groups excluding carboxylic acids is 1. The first-order chi connectivity index (χ1) is 10.1. The molecule has 0 amide bonds. The maximum atomic E-state index is 12.3. The Bertz CT molecular complexity index is 663. The molecule has 2 N–H and O–H groups in total. The third kappa shape index (κ3) is 4.09. The van der Waals surface area contributed by atoms with Crippen LogP contribution in [0.4, 0.5) is 11.5 Å². The van der Waals surface area contributed by atoms with E-state index in [0.29, 0.717) is 11.5 Å². The van der Waals surface area contributed by atoms with Crippen LogP contribution in [0.25, 0.3) is 0 Å². The van der Waals surface area contributed by atoms with Crippen molar-refractivity contribution in [2.75, 3.05) is 30.5 Å². The lowest BCUT2D eigenvalue weighted by Crippen LogP contribution is -2.26. The zero-order valence-corrected chi connectivity index (χ0v) is 14.6. The predicted octanol–water partition coefficient (Wildman–Crippen LogP) is 1.91. The lowest BCUT2D eigenvalue weighted by atomic mass is 10.2. The van der Waals surface area contributed by atoms with Crippen molar-refractivity contribution in [3.8, 4) is 0 Å². The lowest BCUT2D eigenvalue weighted by Gasteiger charge is -2.21. The minimum Gasteiger partial charge on any atom is -0.455 e. The third-order valence-corrected chi connectivity index (χ3v) is 4.54. The second-order valence-corrected chi connectivity index (χ2v) is 7.88. The van der Waals surface area contributed by atoms with Crippen molar-refractivity contribution in [1.82, 2.24) is 4.98 Å². The van der Waals surface area contributed by atoms with Gasteiger partial charge in [-0.2, -0.15) is 0 Å². The van der Waals surface area contributed by atoms with Gasteiger partial charge in [-0.15, -0.1) is 0 Å². The van der Waals surface area contributed by atoms with Crippen LogP contribution >= 0.6 is 0 Å². The molecule has 124 valence electrons. The SMILES string of the molecule is CCS(=O)(=O)c1cc(NC)c(NC)nc1C(=O)OC(C)(C)C. The summed E-state index contributed by atoms with van der Waals surface area (Å²) in [5.74, 6) is -0.524. The first-order valence-electron chi connectivity index (χ1n) is 6.92. The zero-order valence-electron chi connectivity index (χ0n) is 13.8. The molecule has 1 heterocycles. The van der Waals surface area contributed by atoms with E-state index < -0.39 is 21.4 Å². The molecule has 0 aliphatic heterocycles. The van der Waals surface area contributed by atoms with Gasteiger partial charge in [0.25, 0.3) is 0 Å². The largest absolute Gasteiger partial charge is 0.455 e. The number of carbonyl (C=O) groups is 1. The Morgan fingerprint density at radius 1 is 1.27 bits per heavy atom. The van der Waals surface area contributed by atoms with E-state index in [4.69, 9.17) is 4.74 Å². The van der Waals surface area contributed by atoms with E-state index in [2.05, 4.69) is 15.6 Å². The first kappa shape index (κ1) is 18.2. The second kappa shape index (κ2) is 6.51. The Balaban J connectivity index is 3.56. The van der Waals surface area contributed by atoms with Gasteiger partial charge < -0.3 is 15.4 Å². The van der Waals surface area contributed by atoms with Gasteiger partial charge in [-0.1, -0.05) is 6.92 Å². The fourth-order valence-electron chi connectivity index (χ4n) is 1.74. The number of hydrogen-bond acceptors (Lipinski definition) is 7. The maximum absolute atomic E-state index is 12.3. The Morgan fingerprint density at radius 3 is 2.27 bits per heavy atom. The summed E-state index contributed by atoms with van der Waals surface area (Å²) in [5, 5.41) is 5.68. The van der Waals surface area contributed by atoms with Crippen LogP contribution in [0.3, 0.4) is 0 Å². The molecule has 0 fully saturated rings. The number of pyridine rings is 1. The number of hydrogen-bond donors (Lipinski definition) is 2. The van der Waals surface area contributed by atoms with Gasteiger partial charge in [0.2, 0.25) is 0 Å². The summed E-state index contributed by atoms with van der Waals surface area (Å²) in [4.78, 5) is 16.3. The highest BCUT2D eigenvalue weighted by atomic mass is 32.2. The number of esters is 1. The van der Waals surface area contributed by atoms with E-state index in [1.807, 2.05) is 0 Å². The number of aromatic nitrogens is 1. The zero-order chi connectivity index (χ0) is 17.1. The summed E-state index contributed by atoms with van der Waals surface area (Å²) in [5.41, 5.74) is -0.463. The van der Waals surface area contributed by atoms with Gasteiger partial charge >= 0.3 is 5.97 Å². The minimum atomic E-state index is -3.62. The van der Waals surface area contributed by atoms with Gasteiger partial charge in [0, 0.05) is 14.1 Å². The molecular weight excluding hydrogens is 306 g/mol. The number of rotatable bonds is 5. The fraction of sp³-hybridized carbons (Fsp3) is 0.571. The molecule has 0 spiro atoms. The summed E-state index contributed by atoms with van der Waals surface area (Å²) in [6.45, 7) is 6.64. The monoisotopic (exact) mass is 329 g/mol. The number of nitrogens with zero attached hydrogens (tertiary/aromatic N) is 1. The van der Waals surface area contributed by atoms with Crippen LogP contribution < -0.4 is 10.6 Å². The van der Waals surface area contributed by atoms with Gasteiger partial charge in [-0.3, -0.25) is 0 Å². The highest BCUT2D eigenvalue weighted by Gasteiger charge is 2.28. The number of ether oxygens (including phenoxy) is 1. The van der Waals surface area contributed by atoms with Crippen molar-refractivity contribution in [1.29, 1.82) is 0 Å². The second-order valence-electron chi connectivity index (χ2n) is 5.64. The minimum absolute atomic E-state index is 0.132. The topological polar surface area (TPSA) is 97.4 Å². The molecule has 1 rings (SSSR count). The molecule has 1 aromatic rings. The van der Waals surface area contributed by atoms with Crippen LogP contribution in [0, 0.1) is 0 Å². The Morgan fingerprint density at radius 2 is 1.86 bits per heavy atom. The van der Waals surface area contributed by atoms with E-state index in [0.717, 1.165) is 0 Å². The van der Waals surface area contributed by atoms with E-state index in [1.54, 1.807) is 34.9 Å². The van der Waals surface area contributed by atoms with Gasteiger partial charge in [-0.25, -0.2) is 18.2 Å². The van der Waals surface area contributed by atoms with Crippen LogP contribution in [-0.2, 0) is 14.6 Å². The average molecular weight is 329 g/mol. The molecule has 0 saturated heterocycles. The van der Waals surface area contributed by atoms with E-state index in [-0.39, 0.29) is 16.3 Å². The summed E-state index contributed by atoms with van der Waals surface area (Å²) < 4.78 is 29.8. The van der Waals surface area contributed by atoms with E-state index in [1.165, 1.54) is 13.0 Å². The molecule has 7 nitrogen and oxygen atoms in total. The molecule has 1 aromatic heterocycles. The van der Waals surface area contributed by atoms with Crippen LogP contribution in [0.2, 0.25) is 0 Å². The molecule has 0 unspecified atom stereocenters. The fourth-order valence-corrected chi connectivity index (χ4v) is 2.77. The summed E-state index contributed by atoms with van der Waals surface area (Å²) in [7, 11) is -0.337. The molecule has 22 heavy (non-hydrogen) atoms. The van der Waals surface area contributed by atoms with Crippen molar-refractivity contribution in [3.05, 3.63) is 11.8 Å². The van der Waals surface area contributed by atoms with Crippen molar-refractivity contribution in [2.45, 2.75) is 38.2 Å². The van der Waals surface area contributed by atoms with Crippen LogP contribution in [0.1, 0.15) is 38.2 Å². The smallest absolute Gasteiger partial charge is 0.358 e. The van der Waals surface area contributed by atoms with Gasteiger partial charge in [0.1, 0.15) is 16.3 Å². The highest BCUT2D eigenvalue weighted by Crippen LogP contribution is 2.27. The Hall–Kier alpha value is -1.83. The summed E-state index contributed by atoms with van der Waals surface area (Å²) in [6.07, 6.45) is 0. The first-order valence-corrected chi connectivity index (χ1v) is 8.57. The quantitative estimate of drug-likeness (QED) is 0.796. The Kier molecular flexibility index (Phi) is 5.39. The number of anilines is 2. The molecule has 0 aromatic carbocycles. The standard InChI is InChI=1S/C14H23N3O4S/c1-7-22(19,20)10-8-9(15-5)12(16-6)17-11(10)13(18)21-14(2,3)4/h8,15H,7H2,1-6H3,(H,16,17). The molecule has 0 bridgehead atoms. The number of nitrogens with one attached hydrogen (secondary N) is 2. The molecule has 0 saturated carbocycles. The molecule has 0 aliphatic carbocycles. The molecule has 0 radical (unpaired) electrons. The maximum Gasteiger partial charge on any atom is 0.358 e. The van der Waals surface area contributed by atoms with Gasteiger partial charge in [0.15, 0.2) is 15.5 Å². The van der Waals surface area contributed by atoms with Gasteiger partial charge in [0.05, 0.1) is 11.4 Å². The van der Waals surface area contributed by atoms with Crippen molar-refractivity contribution >= 4 is 27.3 Å². The van der Waals surface area contributed by atoms with E-state index in [9.17, 15) is 13.2 Å². The lowest BCUT2D eigenvalue weighted by molar-refractivity contribution is 0.00583. The van der Waals surface area contributed by atoms with Crippen LogP contribution in [0.5, 0.6) is 0 Å². The van der Waals surface area contributed by atoms with Crippen LogP contribution in [0.15, 0.2) is 11.0 Å². The van der Waals surface area contributed by atoms with Crippen LogP contribution in [-0.4, -0.2) is 44.8 Å². The average Bonchev–Trinajstić information content (AvgIpc) is 2.43.